The number of benzene rings is 1. The molecule has 0 saturated carbocycles. The summed E-state index contributed by atoms with van der Waals surface area (Å²) in [5.41, 5.74) is -0.881. The average molecular weight is 418 g/mol. The molecule has 0 saturated heterocycles. The molecule has 0 spiro atoms. The topological polar surface area (TPSA) is 0 Å². The Labute approximate surface area is 127 Å². The molecule has 2 rings (SSSR count). The van der Waals surface area contributed by atoms with Crippen LogP contribution in [0.4, 0.5) is 17.6 Å². The zero-order valence-corrected chi connectivity index (χ0v) is 13.1. The second-order valence-corrected chi connectivity index (χ2v) is 7.15. The summed E-state index contributed by atoms with van der Waals surface area (Å²) in [6.07, 6.45) is -4.69. The molecule has 0 bridgehead atoms. The summed E-state index contributed by atoms with van der Waals surface area (Å²) in [6, 6.07) is 6.63. The molecule has 0 aliphatic rings. The molecule has 102 valence electrons. The summed E-state index contributed by atoms with van der Waals surface area (Å²) in [5.74, 6) is -1.26. The van der Waals surface area contributed by atoms with Gasteiger partial charge in [-0.3, -0.25) is 0 Å². The van der Waals surface area contributed by atoms with Crippen LogP contribution in [0.15, 0.2) is 34.1 Å². The van der Waals surface area contributed by atoms with Crippen LogP contribution in [0.1, 0.15) is 20.8 Å². The molecule has 0 aliphatic heterocycles. The van der Waals surface area contributed by atoms with Crippen molar-refractivity contribution in [2.75, 3.05) is 0 Å². The first-order valence-corrected chi connectivity index (χ1v) is 7.57. The highest BCUT2D eigenvalue weighted by Crippen LogP contribution is 2.39. The number of alkyl halides is 4. The van der Waals surface area contributed by atoms with Gasteiger partial charge in [0.25, 0.3) is 0 Å². The Hall–Kier alpha value is -0.400. The standard InChI is InChI=1S/C12H6Br2F4S/c13-10-4-3-9(19-10)11(14)6-1-2-8(15)7(5-6)12(16,17)18/h1-5,11H. The lowest BCUT2D eigenvalue weighted by atomic mass is 10.1. The van der Waals surface area contributed by atoms with E-state index < -0.39 is 22.4 Å². The van der Waals surface area contributed by atoms with Crippen LogP contribution in [0.25, 0.3) is 0 Å². The van der Waals surface area contributed by atoms with Crippen LogP contribution in [-0.2, 0) is 6.18 Å². The van der Waals surface area contributed by atoms with Gasteiger partial charge in [0, 0.05) is 4.88 Å². The van der Waals surface area contributed by atoms with Gasteiger partial charge in [-0.2, -0.15) is 13.2 Å². The molecule has 19 heavy (non-hydrogen) atoms. The largest absolute Gasteiger partial charge is 0.419 e. The van der Waals surface area contributed by atoms with E-state index in [4.69, 9.17) is 0 Å². The van der Waals surface area contributed by atoms with Gasteiger partial charge in [0.15, 0.2) is 0 Å². The molecule has 1 aromatic carbocycles. The van der Waals surface area contributed by atoms with Gasteiger partial charge in [0.2, 0.25) is 0 Å². The Balaban J connectivity index is 2.41. The van der Waals surface area contributed by atoms with Crippen molar-refractivity contribution in [2.45, 2.75) is 11.0 Å². The Kier molecular flexibility index (Phi) is 4.37. The van der Waals surface area contributed by atoms with Crippen molar-refractivity contribution in [3.05, 3.63) is 55.9 Å². The molecule has 7 heteroatoms. The zero-order chi connectivity index (χ0) is 14.2. The molecule has 1 heterocycles. The Morgan fingerprint density at radius 2 is 1.79 bits per heavy atom. The van der Waals surface area contributed by atoms with Crippen LogP contribution in [-0.4, -0.2) is 0 Å². The summed E-state index contributed by atoms with van der Waals surface area (Å²) in [4.78, 5) is 0.442. The van der Waals surface area contributed by atoms with E-state index in [1.165, 1.54) is 17.4 Å². The molecule has 2 aromatic rings. The van der Waals surface area contributed by atoms with E-state index in [1.54, 1.807) is 6.07 Å². The molecule has 1 atom stereocenters. The Morgan fingerprint density at radius 3 is 2.32 bits per heavy atom. The minimum atomic E-state index is -4.69. The van der Waals surface area contributed by atoms with Gasteiger partial charge in [0.1, 0.15) is 5.82 Å². The summed E-state index contributed by atoms with van der Waals surface area (Å²) in [7, 11) is 0. The van der Waals surface area contributed by atoms with E-state index >= 15 is 0 Å². The third-order valence-corrected chi connectivity index (χ3v) is 5.45. The fraction of sp³-hybridized carbons (Fsp3) is 0.167. The maximum Gasteiger partial charge on any atom is 0.419 e. The number of hydrogen-bond donors (Lipinski definition) is 0. The maximum atomic E-state index is 13.2. The van der Waals surface area contributed by atoms with E-state index in [0.717, 1.165) is 20.8 Å². The summed E-state index contributed by atoms with van der Waals surface area (Å²) in [5, 5.41) is 0. The van der Waals surface area contributed by atoms with Crippen LogP contribution in [0.5, 0.6) is 0 Å². The van der Waals surface area contributed by atoms with Gasteiger partial charge in [0.05, 0.1) is 14.2 Å². The van der Waals surface area contributed by atoms with E-state index in [-0.39, 0.29) is 0 Å². The monoisotopic (exact) mass is 416 g/mol. The first-order valence-electron chi connectivity index (χ1n) is 5.05. The lowest BCUT2D eigenvalue weighted by Crippen LogP contribution is -2.09. The first-order chi connectivity index (χ1) is 8.79. The highest BCUT2D eigenvalue weighted by Gasteiger charge is 2.34. The minimum Gasteiger partial charge on any atom is -0.206 e. The van der Waals surface area contributed by atoms with Crippen LogP contribution in [0.2, 0.25) is 0 Å². The van der Waals surface area contributed by atoms with Gasteiger partial charge >= 0.3 is 6.18 Å². The minimum absolute atomic E-state index is 0.364. The van der Waals surface area contributed by atoms with Crippen LogP contribution >= 0.6 is 43.2 Å². The van der Waals surface area contributed by atoms with Crippen molar-refractivity contribution in [1.82, 2.24) is 0 Å². The molecule has 0 amide bonds. The maximum absolute atomic E-state index is 13.2. The molecule has 1 aromatic heterocycles. The number of thiophene rings is 1. The quantitative estimate of drug-likeness (QED) is 0.406. The fourth-order valence-electron chi connectivity index (χ4n) is 1.55. The number of halogens is 6. The average Bonchev–Trinajstić information content (AvgIpc) is 2.74. The van der Waals surface area contributed by atoms with Crippen LogP contribution in [0, 0.1) is 5.82 Å². The normalized spacial score (nSPS) is 13.6. The highest BCUT2D eigenvalue weighted by atomic mass is 79.9. The van der Waals surface area contributed by atoms with Gasteiger partial charge in [-0.25, -0.2) is 4.39 Å². The second kappa shape index (κ2) is 5.54. The molecular formula is C12H6Br2F4S. The van der Waals surface area contributed by atoms with Gasteiger partial charge in [-0.05, 0) is 45.8 Å². The third-order valence-electron chi connectivity index (χ3n) is 2.43. The predicted octanol–water partition coefficient (Wildman–Crippen LogP) is 6.15. The lowest BCUT2D eigenvalue weighted by Gasteiger charge is -2.13. The zero-order valence-electron chi connectivity index (χ0n) is 9.14. The first kappa shape index (κ1) is 15.0. The second-order valence-electron chi connectivity index (χ2n) is 3.74. The van der Waals surface area contributed by atoms with Crippen molar-refractivity contribution in [2.24, 2.45) is 0 Å². The molecule has 0 radical (unpaired) electrons. The number of hydrogen-bond acceptors (Lipinski definition) is 1. The van der Waals surface area contributed by atoms with Crippen LogP contribution < -0.4 is 0 Å². The number of rotatable bonds is 2. The van der Waals surface area contributed by atoms with E-state index in [0.29, 0.717) is 5.56 Å². The van der Waals surface area contributed by atoms with Crippen molar-refractivity contribution in [1.29, 1.82) is 0 Å². The van der Waals surface area contributed by atoms with Gasteiger partial charge in [-0.1, -0.05) is 22.0 Å². The molecular weight excluding hydrogens is 412 g/mol. The molecule has 0 fully saturated rings. The van der Waals surface area contributed by atoms with E-state index in [1.807, 2.05) is 6.07 Å². The van der Waals surface area contributed by atoms with Crippen molar-refractivity contribution in [3.8, 4) is 0 Å². The molecule has 0 nitrogen and oxygen atoms in total. The van der Waals surface area contributed by atoms with Crippen molar-refractivity contribution in [3.63, 3.8) is 0 Å². The lowest BCUT2D eigenvalue weighted by molar-refractivity contribution is -0.140. The van der Waals surface area contributed by atoms with E-state index in [9.17, 15) is 17.6 Å². The van der Waals surface area contributed by atoms with Gasteiger partial charge in [-0.15, -0.1) is 11.3 Å². The van der Waals surface area contributed by atoms with Crippen molar-refractivity contribution >= 4 is 43.2 Å². The smallest absolute Gasteiger partial charge is 0.206 e. The Bertz CT molecular complexity index is 592. The fourth-order valence-corrected chi connectivity index (χ4v) is 3.69. The molecule has 0 aliphatic carbocycles. The molecule has 0 N–H and O–H groups in total. The highest BCUT2D eigenvalue weighted by molar-refractivity contribution is 9.11. The van der Waals surface area contributed by atoms with Crippen LogP contribution in [0.3, 0.4) is 0 Å². The van der Waals surface area contributed by atoms with Crippen molar-refractivity contribution < 1.29 is 17.6 Å². The van der Waals surface area contributed by atoms with Gasteiger partial charge < -0.3 is 0 Å². The SMILES string of the molecule is Fc1ccc(C(Br)c2ccc(Br)s2)cc1C(F)(F)F. The van der Waals surface area contributed by atoms with E-state index in [2.05, 4.69) is 31.9 Å². The Morgan fingerprint density at radius 1 is 1.11 bits per heavy atom. The summed E-state index contributed by atoms with van der Waals surface area (Å²) >= 11 is 8.02. The third kappa shape index (κ3) is 3.38. The summed E-state index contributed by atoms with van der Waals surface area (Å²) in [6.45, 7) is 0. The predicted molar refractivity (Wildman–Crippen MR) is 74.2 cm³/mol. The molecule has 1 unspecified atom stereocenters. The summed E-state index contributed by atoms with van der Waals surface area (Å²) < 4.78 is 52.0.